The fourth-order valence-electron chi connectivity index (χ4n) is 5.04. The Morgan fingerprint density at radius 3 is 2.59 bits per heavy atom. The van der Waals surface area contributed by atoms with Crippen LogP contribution in [0.1, 0.15) is 62.7 Å². The Balaban J connectivity index is 1.37. The predicted octanol–water partition coefficient (Wildman–Crippen LogP) is 4.02. The quantitative estimate of drug-likeness (QED) is 0.783. The van der Waals surface area contributed by atoms with E-state index in [0.717, 1.165) is 51.7 Å². The largest absolute Gasteiger partial charge is 0.507 e. The van der Waals surface area contributed by atoms with Gasteiger partial charge in [0.15, 0.2) is 0 Å². The predicted molar refractivity (Wildman–Crippen MR) is 99.4 cm³/mol. The molecule has 1 N–H and O–H groups in total. The van der Waals surface area contributed by atoms with Gasteiger partial charge in [-0.1, -0.05) is 12.8 Å². The highest BCUT2D eigenvalue weighted by Crippen LogP contribution is 2.54. The monoisotopic (exact) mass is 372 g/mol. The van der Waals surface area contributed by atoms with E-state index >= 15 is 0 Å². The minimum Gasteiger partial charge on any atom is -0.507 e. The van der Waals surface area contributed by atoms with E-state index in [-0.39, 0.29) is 11.2 Å². The van der Waals surface area contributed by atoms with Gasteiger partial charge >= 0.3 is 5.63 Å². The van der Waals surface area contributed by atoms with Crippen LogP contribution >= 0.6 is 0 Å². The first kappa shape index (κ1) is 17.4. The summed E-state index contributed by atoms with van der Waals surface area (Å²) in [5, 5.41) is 10.7. The van der Waals surface area contributed by atoms with Crippen LogP contribution in [0.5, 0.6) is 5.75 Å². The van der Waals surface area contributed by atoms with Crippen molar-refractivity contribution in [2.75, 3.05) is 13.2 Å². The molecular formula is C22H28O5. The molecule has 2 unspecified atom stereocenters. The summed E-state index contributed by atoms with van der Waals surface area (Å²) in [6.07, 6.45) is 12.6. The smallest absolute Gasteiger partial charge is 0.346 e. The lowest BCUT2D eigenvalue weighted by Gasteiger charge is -2.29. The number of rotatable bonds is 7. The molecule has 5 heteroatoms. The van der Waals surface area contributed by atoms with Gasteiger partial charge in [0.1, 0.15) is 22.7 Å². The molecule has 0 aromatic carbocycles. The van der Waals surface area contributed by atoms with E-state index in [1.807, 2.05) is 6.08 Å². The SMILES string of the molecule is O=c1oc(CC2(CC3CCOC3)CC2)cc(O)c1C1(CC2CC2)CC=CO1. The first-order valence-corrected chi connectivity index (χ1v) is 10.3. The molecule has 2 atom stereocenters. The average Bonchev–Trinajstić information content (AvgIpc) is 3.45. The molecule has 1 aromatic rings. The molecule has 27 heavy (non-hydrogen) atoms. The van der Waals surface area contributed by atoms with Crippen LogP contribution < -0.4 is 5.63 Å². The van der Waals surface area contributed by atoms with Crippen molar-refractivity contribution in [3.8, 4) is 5.75 Å². The first-order chi connectivity index (χ1) is 13.1. The Morgan fingerprint density at radius 1 is 1.15 bits per heavy atom. The summed E-state index contributed by atoms with van der Waals surface area (Å²) in [7, 11) is 0. The molecule has 4 aliphatic rings. The number of ether oxygens (including phenoxy) is 2. The van der Waals surface area contributed by atoms with Crippen LogP contribution in [-0.2, 0) is 21.5 Å². The van der Waals surface area contributed by atoms with Crippen LogP contribution in [0.15, 0.2) is 27.6 Å². The summed E-state index contributed by atoms with van der Waals surface area (Å²) < 4.78 is 17.1. The van der Waals surface area contributed by atoms with Crippen LogP contribution in [0.2, 0.25) is 0 Å². The molecule has 3 fully saturated rings. The Hall–Kier alpha value is -1.75. The van der Waals surface area contributed by atoms with E-state index < -0.39 is 11.2 Å². The maximum atomic E-state index is 12.9. The second kappa shape index (κ2) is 6.40. The van der Waals surface area contributed by atoms with Gasteiger partial charge in [0.05, 0.1) is 6.26 Å². The van der Waals surface area contributed by atoms with Crippen molar-refractivity contribution >= 4 is 0 Å². The van der Waals surface area contributed by atoms with Gasteiger partial charge in [-0.15, -0.1) is 0 Å². The van der Waals surface area contributed by atoms with Crippen molar-refractivity contribution in [1.29, 1.82) is 0 Å². The molecule has 1 aromatic heterocycles. The van der Waals surface area contributed by atoms with Gasteiger partial charge in [-0.05, 0) is 55.4 Å². The van der Waals surface area contributed by atoms with Crippen molar-refractivity contribution in [3.05, 3.63) is 40.1 Å². The minimum atomic E-state index is -0.747. The van der Waals surface area contributed by atoms with Gasteiger partial charge < -0.3 is 19.0 Å². The van der Waals surface area contributed by atoms with Gasteiger partial charge in [-0.3, -0.25) is 0 Å². The lowest BCUT2D eigenvalue weighted by Crippen LogP contribution is -2.32. The fourth-order valence-corrected chi connectivity index (χ4v) is 5.04. The topological polar surface area (TPSA) is 68.9 Å². The summed E-state index contributed by atoms with van der Waals surface area (Å²) >= 11 is 0. The number of hydrogen-bond donors (Lipinski definition) is 1. The minimum absolute atomic E-state index is 0.0330. The fraction of sp³-hybridized carbons (Fsp3) is 0.682. The Morgan fingerprint density at radius 2 is 2.00 bits per heavy atom. The molecule has 1 saturated heterocycles. The zero-order valence-electron chi connectivity index (χ0n) is 15.7. The van der Waals surface area contributed by atoms with E-state index in [1.54, 1.807) is 12.3 Å². The van der Waals surface area contributed by atoms with Crippen LogP contribution in [0.25, 0.3) is 0 Å². The van der Waals surface area contributed by atoms with Crippen molar-refractivity contribution < 1.29 is 19.0 Å². The Kier molecular flexibility index (Phi) is 4.12. The van der Waals surface area contributed by atoms with Crippen LogP contribution in [0, 0.1) is 17.3 Å². The molecular weight excluding hydrogens is 344 g/mol. The summed E-state index contributed by atoms with van der Waals surface area (Å²) in [6, 6.07) is 1.66. The van der Waals surface area contributed by atoms with Crippen LogP contribution in [0.3, 0.4) is 0 Å². The zero-order valence-corrected chi connectivity index (χ0v) is 15.7. The highest BCUT2D eigenvalue weighted by Gasteiger charge is 2.47. The van der Waals surface area contributed by atoms with E-state index in [1.165, 1.54) is 12.8 Å². The van der Waals surface area contributed by atoms with E-state index in [9.17, 15) is 9.90 Å². The molecule has 0 amide bonds. The summed E-state index contributed by atoms with van der Waals surface area (Å²) in [5.41, 5.74) is -0.658. The normalized spacial score (nSPS) is 31.2. The highest BCUT2D eigenvalue weighted by atomic mass is 16.5. The highest BCUT2D eigenvalue weighted by molar-refractivity contribution is 5.37. The summed E-state index contributed by atoms with van der Waals surface area (Å²) in [6.45, 7) is 1.71. The first-order valence-electron chi connectivity index (χ1n) is 10.3. The Bertz CT molecular complexity index is 785. The second-order valence-corrected chi connectivity index (χ2v) is 9.21. The molecule has 2 saturated carbocycles. The van der Waals surface area contributed by atoms with Gasteiger partial charge in [-0.2, -0.15) is 0 Å². The lowest BCUT2D eigenvalue weighted by atomic mass is 9.85. The van der Waals surface area contributed by atoms with Crippen LogP contribution in [-0.4, -0.2) is 18.3 Å². The van der Waals surface area contributed by atoms with Gasteiger partial charge in [-0.25, -0.2) is 4.79 Å². The summed E-state index contributed by atoms with van der Waals surface area (Å²) in [5.74, 6) is 1.83. The molecule has 0 bridgehead atoms. The van der Waals surface area contributed by atoms with Crippen molar-refractivity contribution in [2.24, 2.45) is 17.3 Å². The van der Waals surface area contributed by atoms with E-state index in [2.05, 4.69) is 0 Å². The maximum Gasteiger partial charge on any atom is 0.346 e. The van der Waals surface area contributed by atoms with E-state index in [0.29, 0.717) is 29.6 Å². The van der Waals surface area contributed by atoms with Gasteiger partial charge in [0.2, 0.25) is 0 Å². The molecule has 146 valence electrons. The van der Waals surface area contributed by atoms with Crippen molar-refractivity contribution in [3.63, 3.8) is 0 Å². The molecule has 5 rings (SSSR count). The molecule has 2 aliphatic carbocycles. The molecule has 0 spiro atoms. The number of hydrogen-bond acceptors (Lipinski definition) is 5. The third-order valence-corrected chi connectivity index (χ3v) is 6.84. The van der Waals surface area contributed by atoms with Crippen LogP contribution in [0.4, 0.5) is 0 Å². The van der Waals surface area contributed by atoms with Crippen molar-refractivity contribution in [2.45, 2.75) is 63.4 Å². The molecule has 0 radical (unpaired) electrons. The van der Waals surface area contributed by atoms with Gasteiger partial charge in [0, 0.05) is 32.1 Å². The molecule has 2 aliphatic heterocycles. The lowest BCUT2D eigenvalue weighted by molar-refractivity contribution is 0.0210. The van der Waals surface area contributed by atoms with Crippen molar-refractivity contribution in [1.82, 2.24) is 0 Å². The Labute approximate surface area is 159 Å². The maximum absolute atomic E-state index is 12.9. The summed E-state index contributed by atoms with van der Waals surface area (Å²) in [4.78, 5) is 12.9. The standard InChI is InChI=1S/C22H28O5/c23-18-10-17(13-21(6-7-21)11-16-4-9-25-14-16)27-20(24)19(18)22(5-1-8-26-22)12-15-2-3-15/h1,8,10,15-16,23H,2-7,9,11-14H2. The average molecular weight is 372 g/mol. The third-order valence-electron chi connectivity index (χ3n) is 6.84. The third kappa shape index (κ3) is 3.42. The molecule has 3 heterocycles. The molecule has 5 nitrogen and oxygen atoms in total. The van der Waals surface area contributed by atoms with Gasteiger partial charge in [0.25, 0.3) is 0 Å². The second-order valence-electron chi connectivity index (χ2n) is 9.21. The van der Waals surface area contributed by atoms with E-state index in [4.69, 9.17) is 13.9 Å². The number of aromatic hydroxyl groups is 1. The zero-order chi connectivity index (χ0) is 18.5.